The van der Waals surface area contributed by atoms with Gasteiger partial charge in [-0.3, -0.25) is 0 Å². The van der Waals surface area contributed by atoms with Crippen LogP contribution in [0.3, 0.4) is 0 Å². The Morgan fingerprint density at radius 1 is 1.67 bits per heavy atom. The van der Waals surface area contributed by atoms with Crippen LogP contribution in [0.1, 0.15) is 40.5 Å². The first-order chi connectivity index (χ1) is 8.56. The maximum absolute atomic E-state index is 12.7. The fourth-order valence-corrected chi connectivity index (χ4v) is 1.66. The van der Waals surface area contributed by atoms with E-state index in [4.69, 9.17) is 16.9 Å². The lowest BCUT2D eigenvalue weighted by atomic mass is 10.0. The van der Waals surface area contributed by atoms with Gasteiger partial charge in [0.05, 0.1) is 12.2 Å². The first-order valence-electron chi connectivity index (χ1n) is 4.99. The lowest BCUT2D eigenvalue weighted by Crippen LogP contribution is -2.12. The van der Waals surface area contributed by atoms with Gasteiger partial charge in [0.25, 0.3) is 6.43 Å². The number of carbonyl (C=O) groups is 1. The fraction of sp³-hybridized carbons (Fsp3) is 0.364. The molecular weight excluding hydrogens is 266 g/mol. The average molecular weight is 275 g/mol. The minimum atomic E-state index is -2.81. The van der Waals surface area contributed by atoms with Crippen molar-refractivity contribution in [2.45, 2.75) is 19.2 Å². The lowest BCUT2D eigenvalue weighted by molar-refractivity contribution is 0.0518. The Kier molecular flexibility index (Phi) is 4.98. The first-order valence-corrected chi connectivity index (χ1v) is 5.53. The third kappa shape index (κ3) is 2.74. The van der Waals surface area contributed by atoms with Crippen molar-refractivity contribution in [2.24, 2.45) is 0 Å². The quantitative estimate of drug-likeness (QED) is 0.625. The van der Waals surface area contributed by atoms with Crippen LogP contribution in [-0.2, 0) is 10.6 Å². The van der Waals surface area contributed by atoms with Crippen molar-refractivity contribution in [1.29, 1.82) is 5.26 Å². The van der Waals surface area contributed by atoms with Crippen LogP contribution in [0.25, 0.3) is 0 Å². The number of carbonyl (C=O) groups excluding carboxylic acids is 1. The second-order valence-corrected chi connectivity index (χ2v) is 3.45. The summed E-state index contributed by atoms with van der Waals surface area (Å²) in [5.74, 6) is -1.14. The normalized spacial score (nSPS) is 10.2. The zero-order valence-corrected chi connectivity index (χ0v) is 10.2. The van der Waals surface area contributed by atoms with E-state index in [1.54, 1.807) is 13.0 Å². The summed E-state index contributed by atoms with van der Waals surface area (Å²) in [6.07, 6.45) is -1.97. The molecule has 0 unspecified atom stereocenters. The smallest absolute Gasteiger partial charge is 0.358 e. The van der Waals surface area contributed by atoms with Crippen molar-refractivity contribution < 1.29 is 18.3 Å². The molecule has 0 saturated heterocycles. The molecule has 0 saturated carbocycles. The molecule has 1 heterocycles. The van der Waals surface area contributed by atoms with Crippen molar-refractivity contribution in [2.75, 3.05) is 6.61 Å². The van der Waals surface area contributed by atoms with E-state index >= 15 is 0 Å². The van der Waals surface area contributed by atoms with Crippen LogP contribution in [0.5, 0.6) is 0 Å². The van der Waals surface area contributed by atoms with E-state index in [2.05, 4.69) is 9.72 Å². The maximum Gasteiger partial charge on any atom is 0.358 e. The fourth-order valence-electron chi connectivity index (χ4n) is 1.37. The van der Waals surface area contributed by atoms with Gasteiger partial charge in [-0.15, -0.1) is 11.6 Å². The molecule has 0 aliphatic rings. The molecule has 0 fully saturated rings. The molecule has 0 amide bonds. The van der Waals surface area contributed by atoms with Gasteiger partial charge in [0.15, 0.2) is 5.69 Å². The number of ether oxygens (including phenoxy) is 1. The van der Waals surface area contributed by atoms with Crippen molar-refractivity contribution in [3.63, 3.8) is 0 Å². The van der Waals surface area contributed by atoms with Gasteiger partial charge < -0.3 is 4.74 Å². The number of halogens is 3. The molecule has 4 nitrogen and oxygen atoms in total. The van der Waals surface area contributed by atoms with E-state index < -0.39 is 18.0 Å². The molecular formula is C11H9ClF2N2O2. The summed E-state index contributed by atoms with van der Waals surface area (Å²) in [6, 6.07) is 1.67. The van der Waals surface area contributed by atoms with Gasteiger partial charge >= 0.3 is 5.97 Å². The molecule has 1 rings (SSSR count). The molecule has 96 valence electrons. The maximum atomic E-state index is 12.7. The van der Waals surface area contributed by atoms with Crippen molar-refractivity contribution in [3.8, 4) is 6.07 Å². The van der Waals surface area contributed by atoms with Crippen LogP contribution in [-0.4, -0.2) is 17.6 Å². The van der Waals surface area contributed by atoms with E-state index in [0.29, 0.717) is 0 Å². The largest absolute Gasteiger partial charge is 0.461 e. The summed E-state index contributed by atoms with van der Waals surface area (Å²) in [5, 5.41) is 8.95. The number of hydrogen-bond acceptors (Lipinski definition) is 4. The Bertz CT molecular complexity index is 501. The van der Waals surface area contributed by atoms with E-state index in [1.807, 2.05) is 0 Å². The van der Waals surface area contributed by atoms with Crippen molar-refractivity contribution in [1.82, 2.24) is 4.98 Å². The number of nitriles is 1. The molecule has 7 heteroatoms. The molecule has 0 bridgehead atoms. The van der Waals surface area contributed by atoms with E-state index in [-0.39, 0.29) is 29.3 Å². The Morgan fingerprint density at radius 3 is 2.78 bits per heavy atom. The number of nitrogens with zero attached hydrogens (tertiary/aromatic N) is 2. The molecule has 0 atom stereocenters. The molecule has 1 aromatic heterocycles. The molecule has 0 spiro atoms. The Morgan fingerprint density at radius 2 is 2.33 bits per heavy atom. The van der Waals surface area contributed by atoms with Crippen LogP contribution in [0, 0.1) is 11.3 Å². The predicted octanol–water partition coefficient (Wildman–Crippen LogP) is 2.81. The highest BCUT2D eigenvalue weighted by molar-refractivity contribution is 6.17. The predicted molar refractivity (Wildman–Crippen MR) is 59.4 cm³/mol. The lowest BCUT2D eigenvalue weighted by Gasteiger charge is -2.10. The second kappa shape index (κ2) is 6.26. The molecule has 0 N–H and O–H groups in total. The number of aromatic nitrogens is 1. The summed E-state index contributed by atoms with van der Waals surface area (Å²) in [4.78, 5) is 15.1. The van der Waals surface area contributed by atoms with Gasteiger partial charge in [0.1, 0.15) is 6.07 Å². The number of pyridine rings is 1. The van der Waals surface area contributed by atoms with Crippen LogP contribution < -0.4 is 0 Å². The van der Waals surface area contributed by atoms with Gasteiger partial charge in [-0.05, 0) is 12.5 Å². The third-order valence-electron chi connectivity index (χ3n) is 2.17. The zero-order valence-electron chi connectivity index (χ0n) is 9.41. The second-order valence-electron chi connectivity index (χ2n) is 3.18. The number of rotatable bonds is 4. The van der Waals surface area contributed by atoms with Crippen LogP contribution in [0.2, 0.25) is 0 Å². The highest BCUT2D eigenvalue weighted by Gasteiger charge is 2.23. The molecule has 0 aliphatic heterocycles. The molecule has 0 aromatic carbocycles. The topological polar surface area (TPSA) is 63.0 Å². The Labute approximate surface area is 107 Å². The standard InChI is InChI=1S/C11H9ClF2N2O2/c1-2-18-11(17)9-7(4-15)6(3-12)8(5-16-9)10(13)14/h5,10H,2-3H2,1H3. The molecule has 18 heavy (non-hydrogen) atoms. The van der Waals surface area contributed by atoms with E-state index in [0.717, 1.165) is 6.20 Å². The summed E-state index contributed by atoms with van der Waals surface area (Å²) in [7, 11) is 0. The van der Waals surface area contributed by atoms with Crippen LogP contribution in [0.15, 0.2) is 6.20 Å². The molecule has 1 aromatic rings. The minimum absolute atomic E-state index is 0.0905. The van der Waals surface area contributed by atoms with Crippen molar-refractivity contribution in [3.05, 3.63) is 28.6 Å². The summed E-state index contributed by atoms with van der Waals surface area (Å²) in [6.45, 7) is 1.68. The van der Waals surface area contributed by atoms with Crippen molar-refractivity contribution >= 4 is 17.6 Å². The van der Waals surface area contributed by atoms with Gasteiger partial charge in [0.2, 0.25) is 0 Å². The van der Waals surface area contributed by atoms with Gasteiger partial charge in [-0.25, -0.2) is 18.6 Å². The zero-order chi connectivity index (χ0) is 13.7. The van der Waals surface area contributed by atoms with Crippen LogP contribution in [0.4, 0.5) is 8.78 Å². The average Bonchev–Trinajstić information content (AvgIpc) is 2.36. The Balaban J connectivity index is 3.40. The highest BCUT2D eigenvalue weighted by Crippen LogP contribution is 2.27. The highest BCUT2D eigenvalue weighted by atomic mass is 35.5. The molecule has 0 aliphatic carbocycles. The SMILES string of the molecule is CCOC(=O)c1ncc(C(F)F)c(CCl)c1C#N. The number of esters is 1. The minimum Gasteiger partial charge on any atom is -0.461 e. The summed E-state index contributed by atoms with van der Waals surface area (Å²) in [5.41, 5.74) is -1.09. The summed E-state index contributed by atoms with van der Waals surface area (Å²) < 4.78 is 30.1. The monoisotopic (exact) mass is 274 g/mol. The summed E-state index contributed by atoms with van der Waals surface area (Å²) >= 11 is 5.55. The van der Waals surface area contributed by atoms with Gasteiger partial charge in [0, 0.05) is 17.6 Å². The van der Waals surface area contributed by atoms with Gasteiger partial charge in [-0.1, -0.05) is 0 Å². The third-order valence-corrected chi connectivity index (χ3v) is 2.44. The van der Waals surface area contributed by atoms with E-state index in [9.17, 15) is 13.6 Å². The number of alkyl halides is 3. The van der Waals surface area contributed by atoms with Gasteiger partial charge in [-0.2, -0.15) is 5.26 Å². The first kappa shape index (κ1) is 14.3. The van der Waals surface area contributed by atoms with Crippen LogP contribution >= 0.6 is 11.6 Å². The molecule has 0 radical (unpaired) electrons. The number of hydrogen-bond donors (Lipinski definition) is 0. The Hall–Kier alpha value is -1.74. The van der Waals surface area contributed by atoms with E-state index in [1.165, 1.54) is 0 Å².